The molecule has 7 nitrogen and oxygen atoms in total. The summed E-state index contributed by atoms with van der Waals surface area (Å²) in [6.07, 6.45) is 5.27. The molecule has 29 heavy (non-hydrogen) atoms. The zero-order chi connectivity index (χ0) is 20.3. The summed E-state index contributed by atoms with van der Waals surface area (Å²) >= 11 is 0. The van der Waals surface area contributed by atoms with Crippen LogP contribution in [0.1, 0.15) is 19.3 Å². The first kappa shape index (κ1) is 19.2. The van der Waals surface area contributed by atoms with Gasteiger partial charge in [0.05, 0.1) is 0 Å². The van der Waals surface area contributed by atoms with Gasteiger partial charge in [-0.3, -0.25) is 14.6 Å². The van der Waals surface area contributed by atoms with Gasteiger partial charge in [0.15, 0.2) is 0 Å². The van der Waals surface area contributed by atoms with Crippen LogP contribution in [0.4, 0.5) is 4.39 Å². The molecule has 152 valence electrons. The predicted octanol–water partition coefficient (Wildman–Crippen LogP) is 1.99. The van der Waals surface area contributed by atoms with Crippen molar-refractivity contribution >= 4 is 17.6 Å². The molecule has 0 saturated carbocycles. The molecule has 2 aliphatic rings. The van der Waals surface area contributed by atoms with Gasteiger partial charge in [-0.2, -0.15) is 0 Å². The van der Waals surface area contributed by atoms with Crippen LogP contribution in [0.15, 0.2) is 53.8 Å². The number of ether oxygens (including phenoxy) is 1. The molecular formula is C21H23FN4O3. The summed E-state index contributed by atoms with van der Waals surface area (Å²) in [6, 6.07) is 9.69. The fourth-order valence-electron chi connectivity index (χ4n) is 3.73. The average Bonchev–Trinajstić information content (AvgIpc) is 3.34. The van der Waals surface area contributed by atoms with E-state index in [1.807, 2.05) is 29.1 Å². The van der Waals surface area contributed by atoms with Gasteiger partial charge in [-0.05, 0) is 37.1 Å². The minimum absolute atomic E-state index is 0.0659. The highest BCUT2D eigenvalue weighted by molar-refractivity contribution is 6.09. The molecule has 2 amide bonds. The number of piperidine rings is 1. The maximum Gasteiger partial charge on any atom is 0.253 e. The Morgan fingerprint density at radius 3 is 2.69 bits per heavy atom. The number of nitrogens with zero attached hydrogens (tertiary/aromatic N) is 3. The number of aryl methyl sites for hydroxylation is 1. The number of carbonyl (C=O) groups excluding carboxylic acids is 2. The lowest BCUT2D eigenvalue weighted by atomic mass is 9.88. The van der Waals surface area contributed by atoms with E-state index in [-0.39, 0.29) is 24.2 Å². The van der Waals surface area contributed by atoms with E-state index in [0.29, 0.717) is 50.5 Å². The highest BCUT2D eigenvalue weighted by atomic mass is 19.1. The molecule has 1 saturated heterocycles. The van der Waals surface area contributed by atoms with Gasteiger partial charge in [0.1, 0.15) is 29.5 Å². The van der Waals surface area contributed by atoms with E-state index in [9.17, 15) is 14.0 Å². The van der Waals surface area contributed by atoms with Gasteiger partial charge in [-0.1, -0.05) is 6.07 Å². The normalized spacial score (nSPS) is 17.9. The van der Waals surface area contributed by atoms with E-state index in [0.717, 1.165) is 0 Å². The summed E-state index contributed by atoms with van der Waals surface area (Å²) < 4.78 is 20.7. The van der Waals surface area contributed by atoms with Crippen molar-refractivity contribution in [2.24, 2.45) is 4.99 Å². The van der Waals surface area contributed by atoms with E-state index in [4.69, 9.17) is 4.74 Å². The van der Waals surface area contributed by atoms with Gasteiger partial charge in [-0.15, -0.1) is 0 Å². The number of hydrogen-bond donors (Lipinski definition) is 1. The molecule has 1 spiro atoms. The number of nitrogens with one attached hydrogen (secondary N) is 1. The second kappa shape index (κ2) is 8.06. The van der Waals surface area contributed by atoms with Crippen molar-refractivity contribution in [1.82, 2.24) is 14.8 Å². The van der Waals surface area contributed by atoms with Crippen LogP contribution in [-0.2, 0) is 16.1 Å². The first-order chi connectivity index (χ1) is 14.0. The molecular weight excluding hydrogens is 375 g/mol. The molecule has 1 aromatic carbocycles. The molecule has 1 fully saturated rings. The van der Waals surface area contributed by atoms with Crippen molar-refractivity contribution in [3.63, 3.8) is 0 Å². The van der Waals surface area contributed by atoms with Crippen LogP contribution in [-0.4, -0.2) is 52.4 Å². The van der Waals surface area contributed by atoms with Crippen LogP contribution in [0.2, 0.25) is 0 Å². The maximum atomic E-state index is 13.2. The molecule has 2 aliphatic heterocycles. The van der Waals surface area contributed by atoms with E-state index in [1.54, 1.807) is 17.0 Å². The Labute approximate surface area is 168 Å². The molecule has 1 N–H and O–H groups in total. The number of likely N-dealkylation sites (tertiary alicyclic amines) is 1. The highest BCUT2D eigenvalue weighted by Crippen LogP contribution is 2.30. The minimum atomic E-state index is -0.835. The molecule has 0 atom stereocenters. The number of amidine groups is 1. The van der Waals surface area contributed by atoms with Crippen LogP contribution in [0.3, 0.4) is 0 Å². The Balaban J connectivity index is 1.31. The van der Waals surface area contributed by atoms with E-state index >= 15 is 0 Å². The van der Waals surface area contributed by atoms with Crippen LogP contribution < -0.4 is 10.1 Å². The lowest BCUT2D eigenvalue weighted by Crippen LogP contribution is -2.50. The second-order valence-electron chi connectivity index (χ2n) is 7.34. The summed E-state index contributed by atoms with van der Waals surface area (Å²) in [5.41, 5.74) is -0.835. The van der Waals surface area contributed by atoms with Crippen molar-refractivity contribution in [3.8, 4) is 5.75 Å². The summed E-state index contributed by atoms with van der Waals surface area (Å²) in [6.45, 7) is 1.71. The molecule has 0 aliphatic carbocycles. The van der Waals surface area contributed by atoms with Crippen LogP contribution >= 0.6 is 0 Å². The van der Waals surface area contributed by atoms with Crippen LogP contribution in [0, 0.1) is 5.82 Å². The highest BCUT2D eigenvalue weighted by Gasteiger charge is 2.46. The maximum absolute atomic E-state index is 13.2. The SMILES string of the molecule is O=C(CCn1cccc1)N1CCC2(CC1)N=C(COc1cccc(F)c1)NC2=O. The molecule has 8 heteroatoms. The molecule has 0 bridgehead atoms. The molecule has 3 heterocycles. The third-order valence-electron chi connectivity index (χ3n) is 5.39. The Hall–Kier alpha value is -3.16. The van der Waals surface area contributed by atoms with E-state index in [1.165, 1.54) is 12.1 Å². The molecule has 2 aromatic rings. The summed E-state index contributed by atoms with van der Waals surface area (Å²) in [7, 11) is 0. The lowest BCUT2D eigenvalue weighted by molar-refractivity contribution is -0.135. The minimum Gasteiger partial charge on any atom is -0.486 e. The van der Waals surface area contributed by atoms with Gasteiger partial charge >= 0.3 is 0 Å². The van der Waals surface area contributed by atoms with Crippen molar-refractivity contribution < 1.29 is 18.7 Å². The fourth-order valence-corrected chi connectivity index (χ4v) is 3.73. The first-order valence-corrected chi connectivity index (χ1v) is 9.71. The Morgan fingerprint density at radius 1 is 1.21 bits per heavy atom. The molecule has 0 radical (unpaired) electrons. The largest absolute Gasteiger partial charge is 0.486 e. The number of aromatic nitrogens is 1. The first-order valence-electron chi connectivity index (χ1n) is 9.71. The topological polar surface area (TPSA) is 75.9 Å². The summed E-state index contributed by atoms with van der Waals surface area (Å²) in [5.74, 6) is 0.364. The summed E-state index contributed by atoms with van der Waals surface area (Å²) in [4.78, 5) is 31.4. The van der Waals surface area contributed by atoms with E-state index < -0.39 is 5.54 Å². The number of halogens is 1. The van der Waals surface area contributed by atoms with Crippen LogP contribution in [0.5, 0.6) is 5.75 Å². The lowest BCUT2D eigenvalue weighted by Gasteiger charge is -2.35. The standard InChI is InChI=1S/C21H23FN4O3/c22-16-4-3-5-17(14-16)29-15-18-23-20(28)21(24-18)7-12-26(13-8-21)19(27)6-11-25-9-1-2-10-25/h1-5,9-10,14H,6-8,11-13,15H2,(H,23,24,28). The monoisotopic (exact) mass is 398 g/mol. The zero-order valence-electron chi connectivity index (χ0n) is 16.0. The van der Waals surface area contributed by atoms with E-state index in [2.05, 4.69) is 10.3 Å². The molecule has 4 rings (SSSR count). The Kier molecular flexibility index (Phi) is 5.33. The van der Waals surface area contributed by atoms with Gasteiger partial charge in [0.2, 0.25) is 5.91 Å². The number of rotatable bonds is 6. The third kappa shape index (κ3) is 4.31. The number of aliphatic imine (C=N–C) groups is 1. The van der Waals surface area contributed by atoms with Crippen molar-refractivity contribution in [1.29, 1.82) is 0 Å². The average molecular weight is 398 g/mol. The fraction of sp³-hybridized carbons (Fsp3) is 0.381. The van der Waals surface area contributed by atoms with Gasteiger partial charge in [0.25, 0.3) is 5.91 Å². The van der Waals surface area contributed by atoms with Crippen molar-refractivity contribution in [2.45, 2.75) is 31.3 Å². The van der Waals surface area contributed by atoms with Gasteiger partial charge in [-0.25, -0.2) is 4.39 Å². The second-order valence-corrected chi connectivity index (χ2v) is 7.34. The number of hydrogen-bond acceptors (Lipinski definition) is 4. The number of benzene rings is 1. The quantitative estimate of drug-likeness (QED) is 0.809. The Morgan fingerprint density at radius 2 is 1.97 bits per heavy atom. The zero-order valence-corrected chi connectivity index (χ0v) is 16.0. The predicted molar refractivity (Wildman–Crippen MR) is 105 cm³/mol. The van der Waals surface area contributed by atoms with Crippen molar-refractivity contribution in [3.05, 3.63) is 54.6 Å². The number of carbonyl (C=O) groups is 2. The smallest absolute Gasteiger partial charge is 0.253 e. The molecule has 1 aromatic heterocycles. The van der Waals surface area contributed by atoms with Crippen molar-refractivity contribution in [2.75, 3.05) is 19.7 Å². The van der Waals surface area contributed by atoms with Gasteiger partial charge < -0.3 is 19.5 Å². The van der Waals surface area contributed by atoms with Crippen LogP contribution in [0.25, 0.3) is 0 Å². The number of amides is 2. The Bertz CT molecular complexity index is 918. The third-order valence-corrected chi connectivity index (χ3v) is 5.39. The molecule has 0 unspecified atom stereocenters. The van der Waals surface area contributed by atoms with Gasteiger partial charge in [0, 0.05) is 44.5 Å². The summed E-state index contributed by atoms with van der Waals surface area (Å²) in [5, 5.41) is 2.77.